The molecule has 1 rings (SSSR count). The lowest BCUT2D eigenvalue weighted by molar-refractivity contribution is -0.136. The number of benzene rings is 1. The van der Waals surface area contributed by atoms with Crippen LogP contribution in [0.4, 0.5) is 10.1 Å². The van der Waals surface area contributed by atoms with Crippen molar-refractivity contribution in [2.24, 2.45) is 0 Å². The number of hydrogen-bond donors (Lipinski definition) is 2. The molecular formula is C11H14FNO2. The fourth-order valence-corrected chi connectivity index (χ4v) is 1.37. The van der Waals surface area contributed by atoms with Crippen molar-refractivity contribution in [3.05, 3.63) is 29.6 Å². The van der Waals surface area contributed by atoms with E-state index in [1.54, 1.807) is 6.07 Å². The molecule has 0 amide bonds. The first-order valence-electron chi connectivity index (χ1n) is 4.87. The average Bonchev–Trinajstić information content (AvgIpc) is 2.18. The van der Waals surface area contributed by atoms with Crippen LogP contribution in [0.15, 0.2) is 18.2 Å². The lowest BCUT2D eigenvalue weighted by Gasteiger charge is -2.09. The summed E-state index contributed by atoms with van der Waals surface area (Å²) in [6.45, 7) is 2.66. The van der Waals surface area contributed by atoms with Gasteiger partial charge in [-0.2, -0.15) is 0 Å². The number of carboxylic acid groups (broad SMARTS) is 1. The highest BCUT2D eigenvalue weighted by atomic mass is 19.1. The summed E-state index contributed by atoms with van der Waals surface area (Å²) in [5.41, 5.74) is 1.51. The topological polar surface area (TPSA) is 49.3 Å². The van der Waals surface area contributed by atoms with Gasteiger partial charge in [0.2, 0.25) is 0 Å². The second-order valence-electron chi connectivity index (χ2n) is 3.23. The van der Waals surface area contributed by atoms with Gasteiger partial charge < -0.3 is 10.4 Å². The van der Waals surface area contributed by atoms with Crippen LogP contribution in [0.3, 0.4) is 0 Å². The van der Waals surface area contributed by atoms with Crippen molar-refractivity contribution in [3.63, 3.8) is 0 Å². The highest BCUT2D eigenvalue weighted by Crippen LogP contribution is 2.18. The summed E-state index contributed by atoms with van der Waals surface area (Å²) in [5.74, 6) is -1.21. The molecule has 0 unspecified atom stereocenters. The molecule has 0 aliphatic carbocycles. The van der Waals surface area contributed by atoms with E-state index in [1.165, 1.54) is 12.1 Å². The van der Waals surface area contributed by atoms with E-state index in [2.05, 4.69) is 5.32 Å². The molecule has 1 aromatic carbocycles. The Kier molecular flexibility index (Phi) is 4.09. The zero-order valence-corrected chi connectivity index (χ0v) is 8.59. The minimum absolute atomic E-state index is 0.0157. The first-order chi connectivity index (χ1) is 7.13. The average molecular weight is 211 g/mol. The third-order valence-electron chi connectivity index (χ3n) is 2.04. The summed E-state index contributed by atoms with van der Waals surface area (Å²) in [6, 6.07) is 4.37. The quantitative estimate of drug-likeness (QED) is 0.785. The normalized spacial score (nSPS) is 10.0. The van der Waals surface area contributed by atoms with Crippen LogP contribution in [0, 0.1) is 5.82 Å². The SMILES string of the molecule is CCNc1ccc(F)cc1CCC(=O)O. The van der Waals surface area contributed by atoms with Crippen molar-refractivity contribution in [1.29, 1.82) is 0 Å². The predicted octanol–water partition coefficient (Wildman–Crippen LogP) is 2.27. The molecule has 0 spiro atoms. The molecule has 0 radical (unpaired) electrons. The van der Waals surface area contributed by atoms with Gasteiger partial charge in [0.25, 0.3) is 0 Å². The zero-order valence-electron chi connectivity index (χ0n) is 8.59. The number of carboxylic acids is 1. The molecule has 4 heteroatoms. The van der Waals surface area contributed by atoms with E-state index in [1.807, 2.05) is 6.92 Å². The van der Waals surface area contributed by atoms with E-state index < -0.39 is 5.97 Å². The van der Waals surface area contributed by atoms with Crippen LogP contribution in [0.5, 0.6) is 0 Å². The molecule has 2 N–H and O–H groups in total. The Labute approximate surface area is 87.9 Å². The maximum Gasteiger partial charge on any atom is 0.303 e. The second-order valence-corrected chi connectivity index (χ2v) is 3.23. The summed E-state index contributed by atoms with van der Waals surface area (Å²) in [5, 5.41) is 11.6. The van der Waals surface area contributed by atoms with Gasteiger partial charge in [0, 0.05) is 18.7 Å². The third kappa shape index (κ3) is 3.58. The summed E-state index contributed by atoms with van der Waals surface area (Å²) in [4.78, 5) is 10.4. The van der Waals surface area contributed by atoms with Crippen molar-refractivity contribution in [2.45, 2.75) is 19.8 Å². The highest BCUT2D eigenvalue weighted by molar-refractivity contribution is 5.67. The van der Waals surface area contributed by atoms with E-state index >= 15 is 0 Å². The lowest BCUT2D eigenvalue weighted by atomic mass is 10.1. The van der Waals surface area contributed by atoms with Gasteiger partial charge in [-0.3, -0.25) is 4.79 Å². The van der Waals surface area contributed by atoms with Crippen molar-refractivity contribution in [3.8, 4) is 0 Å². The molecule has 1 aromatic rings. The molecule has 0 aliphatic heterocycles. The largest absolute Gasteiger partial charge is 0.481 e. The van der Waals surface area contributed by atoms with Gasteiger partial charge in [0.15, 0.2) is 0 Å². The number of nitrogens with one attached hydrogen (secondary N) is 1. The molecule has 0 fully saturated rings. The van der Waals surface area contributed by atoms with Gasteiger partial charge >= 0.3 is 5.97 Å². The highest BCUT2D eigenvalue weighted by Gasteiger charge is 2.05. The van der Waals surface area contributed by atoms with Crippen molar-refractivity contribution in [1.82, 2.24) is 0 Å². The zero-order chi connectivity index (χ0) is 11.3. The van der Waals surface area contributed by atoms with E-state index in [0.717, 1.165) is 12.2 Å². The number of anilines is 1. The van der Waals surface area contributed by atoms with E-state index in [4.69, 9.17) is 5.11 Å². The van der Waals surface area contributed by atoms with Crippen LogP contribution in [0.1, 0.15) is 18.9 Å². The molecule has 15 heavy (non-hydrogen) atoms. The minimum Gasteiger partial charge on any atom is -0.481 e. The van der Waals surface area contributed by atoms with Crippen molar-refractivity contribution >= 4 is 11.7 Å². The van der Waals surface area contributed by atoms with Gasteiger partial charge in [0.05, 0.1) is 0 Å². The Hall–Kier alpha value is -1.58. The summed E-state index contributed by atoms with van der Waals surface area (Å²) in [7, 11) is 0. The van der Waals surface area contributed by atoms with Crippen LogP contribution in [0.25, 0.3) is 0 Å². The maximum atomic E-state index is 12.9. The fraction of sp³-hybridized carbons (Fsp3) is 0.364. The van der Waals surface area contributed by atoms with Crippen LogP contribution in [0.2, 0.25) is 0 Å². The van der Waals surface area contributed by atoms with E-state index in [-0.39, 0.29) is 12.2 Å². The van der Waals surface area contributed by atoms with Crippen LogP contribution in [-0.4, -0.2) is 17.6 Å². The van der Waals surface area contributed by atoms with Crippen LogP contribution < -0.4 is 5.32 Å². The van der Waals surface area contributed by atoms with Gasteiger partial charge in [-0.1, -0.05) is 0 Å². The molecule has 0 saturated heterocycles. The maximum absolute atomic E-state index is 12.9. The van der Waals surface area contributed by atoms with Crippen molar-refractivity contribution < 1.29 is 14.3 Å². The molecule has 0 atom stereocenters. The Morgan fingerprint density at radius 1 is 1.53 bits per heavy atom. The molecule has 0 aliphatic rings. The standard InChI is InChI=1S/C11H14FNO2/c1-2-13-10-5-4-9(12)7-8(10)3-6-11(14)15/h4-5,7,13H,2-3,6H2,1H3,(H,14,15). The number of halogens is 1. The Morgan fingerprint density at radius 2 is 2.27 bits per heavy atom. The van der Waals surface area contributed by atoms with Crippen LogP contribution >= 0.6 is 0 Å². The molecule has 0 aromatic heterocycles. The molecule has 82 valence electrons. The molecule has 0 bridgehead atoms. The smallest absolute Gasteiger partial charge is 0.303 e. The predicted molar refractivity (Wildman–Crippen MR) is 56.5 cm³/mol. The lowest BCUT2D eigenvalue weighted by Crippen LogP contribution is -2.04. The van der Waals surface area contributed by atoms with E-state index in [0.29, 0.717) is 12.0 Å². The number of aryl methyl sites for hydroxylation is 1. The minimum atomic E-state index is -0.873. The Balaban J connectivity index is 2.81. The molecule has 0 heterocycles. The molecule has 3 nitrogen and oxygen atoms in total. The van der Waals surface area contributed by atoms with Gasteiger partial charge in [0.1, 0.15) is 5.82 Å². The van der Waals surface area contributed by atoms with E-state index in [9.17, 15) is 9.18 Å². The Bertz CT molecular complexity index is 352. The molecule has 0 saturated carbocycles. The second kappa shape index (κ2) is 5.34. The summed E-state index contributed by atoms with van der Waals surface area (Å²) < 4.78 is 12.9. The first-order valence-corrected chi connectivity index (χ1v) is 4.87. The van der Waals surface area contributed by atoms with Gasteiger partial charge in [-0.25, -0.2) is 4.39 Å². The summed E-state index contributed by atoms with van der Waals surface area (Å²) in [6.07, 6.45) is 0.358. The van der Waals surface area contributed by atoms with Gasteiger partial charge in [-0.15, -0.1) is 0 Å². The monoisotopic (exact) mass is 211 g/mol. The van der Waals surface area contributed by atoms with Gasteiger partial charge in [-0.05, 0) is 37.1 Å². The number of hydrogen-bond acceptors (Lipinski definition) is 2. The fourth-order valence-electron chi connectivity index (χ4n) is 1.37. The summed E-state index contributed by atoms with van der Waals surface area (Å²) >= 11 is 0. The van der Waals surface area contributed by atoms with Crippen LogP contribution in [-0.2, 0) is 11.2 Å². The number of rotatable bonds is 5. The third-order valence-corrected chi connectivity index (χ3v) is 2.04. The molecular weight excluding hydrogens is 197 g/mol. The first kappa shape index (κ1) is 11.5. The Morgan fingerprint density at radius 3 is 2.87 bits per heavy atom. The van der Waals surface area contributed by atoms with Crippen molar-refractivity contribution in [2.75, 3.05) is 11.9 Å². The number of aliphatic carboxylic acids is 1. The number of carbonyl (C=O) groups is 1.